The molecule has 1 heterocycles. The van der Waals surface area contributed by atoms with Crippen LogP contribution in [0.1, 0.15) is 34.5 Å². The summed E-state index contributed by atoms with van der Waals surface area (Å²) < 4.78 is 1.83. The van der Waals surface area contributed by atoms with E-state index in [0.29, 0.717) is 11.3 Å². The Morgan fingerprint density at radius 2 is 1.52 bits per heavy atom. The second kappa shape index (κ2) is 7.91. The van der Waals surface area contributed by atoms with E-state index in [1.807, 2.05) is 68.1 Å². The molecule has 0 spiro atoms. The lowest BCUT2D eigenvalue weighted by atomic mass is 10.1. The average molecular weight is 361 g/mol. The Hall–Kier alpha value is -3.34. The Balaban J connectivity index is 1.73. The maximum absolute atomic E-state index is 12.6. The zero-order chi connectivity index (χ0) is 19.4. The van der Waals surface area contributed by atoms with Crippen LogP contribution in [0.25, 0.3) is 0 Å². The van der Waals surface area contributed by atoms with Crippen LogP contribution in [0.5, 0.6) is 0 Å². The van der Waals surface area contributed by atoms with Crippen molar-refractivity contribution in [2.45, 2.75) is 26.8 Å². The van der Waals surface area contributed by atoms with Gasteiger partial charge in [-0.1, -0.05) is 24.3 Å². The molecule has 2 amide bonds. The van der Waals surface area contributed by atoms with E-state index < -0.39 is 0 Å². The first-order valence-electron chi connectivity index (χ1n) is 8.86. The predicted octanol–water partition coefficient (Wildman–Crippen LogP) is 4.56. The molecule has 0 aliphatic rings. The summed E-state index contributed by atoms with van der Waals surface area (Å²) >= 11 is 0. The topological polar surface area (TPSA) is 63.1 Å². The molecular formula is C22H23N3O2. The third kappa shape index (κ3) is 4.26. The average Bonchev–Trinajstić information content (AvgIpc) is 3.19. The number of hydrogen-bond donors (Lipinski definition) is 2. The summed E-state index contributed by atoms with van der Waals surface area (Å²) in [5, 5.41) is 5.84. The van der Waals surface area contributed by atoms with Crippen molar-refractivity contribution in [2.24, 2.45) is 0 Å². The molecule has 138 valence electrons. The van der Waals surface area contributed by atoms with Crippen molar-refractivity contribution in [2.75, 3.05) is 10.6 Å². The number of aromatic nitrogens is 1. The van der Waals surface area contributed by atoms with Gasteiger partial charge >= 0.3 is 0 Å². The number of para-hydroxylation sites is 1. The zero-order valence-electron chi connectivity index (χ0n) is 15.7. The molecule has 3 rings (SSSR count). The fraction of sp³-hybridized carbons (Fsp3) is 0.182. The minimum atomic E-state index is -0.341. The number of anilines is 2. The summed E-state index contributed by atoms with van der Waals surface area (Å²) in [6.45, 7) is 5.75. The lowest BCUT2D eigenvalue weighted by Crippen LogP contribution is -2.23. The highest BCUT2D eigenvalue weighted by Gasteiger charge is 2.15. The van der Waals surface area contributed by atoms with Gasteiger partial charge in [-0.2, -0.15) is 0 Å². The Kier molecular flexibility index (Phi) is 5.41. The molecule has 5 nitrogen and oxygen atoms in total. The standard InChI is InChI=1S/C22H23N3O2/c1-15-8-6-9-16(2)20(15)24-22(27)18-10-7-11-19(14-18)23-21(26)17(3)25-12-4-5-13-25/h4-14,17H,1-3H3,(H,23,26)(H,24,27). The van der Waals surface area contributed by atoms with Crippen LogP contribution in [-0.4, -0.2) is 16.4 Å². The normalized spacial score (nSPS) is 11.7. The largest absolute Gasteiger partial charge is 0.342 e. The molecule has 0 fully saturated rings. The summed E-state index contributed by atoms with van der Waals surface area (Å²) in [7, 11) is 0. The summed E-state index contributed by atoms with van der Waals surface area (Å²) in [6, 6.07) is 16.2. The van der Waals surface area contributed by atoms with Crippen LogP contribution in [0, 0.1) is 13.8 Å². The molecule has 0 radical (unpaired) electrons. The maximum Gasteiger partial charge on any atom is 0.255 e. The van der Waals surface area contributed by atoms with Crippen LogP contribution < -0.4 is 10.6 Å². The van der Waals surface area contributed by atoms with E-state index in [1.165, 1.54) is 0 Å². The van der Waals surface area contributed by atoms with Gasteiger partial charge in [-0.15, -0.1) is 0 Å². The number of nitrogens with one attached hydrogen (secondary N) is 2. The molecule has 1 aromatic heterocycles. The van der Waals surface area contributed by atoms with E-state index in [4.69, 9.17) is 0 Å². The summed E-state index contributed by atoms with van der Waals surface area (Å²) in [6.07, 6.45) is 3.69. The lowest BCUT2D eigenvalue weighted by molar-refractivity contribution is -0.118. The van der Waals surface area contributed by atoms with Crippen LogP contribution in [-0.2, 0) is 4.79 Å². The number of carbonyl (C=O) groups is 2. The predicted molar refractivity (Wildman–Crippen MR) is 108 cm³/mol. The van der Waals surface area contributed by atoms with Gasteiger partial charge in [0.05, 0.1) is 0 Å². The van der Waals surface area contributed by atoms with Crippen molar-refractivity contribution < 1.29 is 9.59 Å². The first-order valence-corrected chi connectivity index (χ1v) is 8.86. The van der Waals surface area contributed by atoms with Gasteiger partial charge in [-0.25, -0.2) is 0 Å². The van der Waals surface area contributed by atoms with E-state index in [-0.39, 0.29) is 17.9 Å². The quantitative estimate of drug-likeness (QED) is 0.700. The number of aryl methyl sites for hydroxylation is 2. The Labute approximate surface area is 159 Å². The van der Waals surface area contributed by atoms with Gasteiger partial charge in [0.15, 0.2) is 0 Å². The van der Waals surface area contributed by atoms with Gasteiger partial charge in [0, 0.05) is 29.3 Å². The number of amides is 2. The highest BCUT2D eigenvalue weighted by atomic mass is 16.2. The fourth-order valence-corrected chi connectivity index (χ4v) is 2.92. The fourth-order valence-electron chi connectivity index (χ4n) is 2.92. The molecule has 2 N–H and O–H groups in total. The minimum absolute atomic E-state index is 0.140. The number of nitrogens with zero attached hydrogens (tertiary/aromatic N) is 1. The second-order valence-electron chi connectivity index (χ2n) is 6.60. The molecule has 3 aromatic rings. The van der Waals surface area contributed by atoms with Crippen molar-refractivity contribution in [1.29, 1.82) is 0 Å². The Bertz CT molecular complexity index is 941. The lowest BCUT2D eigenvalue weighted by Gasteiger charge is -2.15. The summed E-state index contributed by atoms with van der Waals surface area (Å²) in [5.41, 5.74) is 3.91. The van der Waals surface area contributed by atoms with Crippen LogP contribution in [0.4, 0.5) is 11.4 Å². The van der Waals surface area contributed by atoms with Crippen molar-refractivity contribution >= 4 is 23.2 Å². The molecule has 0 saturated heterocycles. The first-order chi connectivity index (χ1) is 13.0. The Morgan fingerprint density at radius 3 is 2.19 bits per heavy atom. The maximum atomic E-state index is 12.6. The van der Waals surface area contributed by atoms with Crippen molar-refractivity contribution in [3.05, 3.63) is 83.7 Å². The molecule has 0 saturated carbocycles. The molecule has 27 heavy (non-hydrogen) atoms. The zero-order valence-corrected chi connectivity index (χ0v) is 15.7. The minimum Gasteiger partial charge on any atom is -0.342 e. The Morgan fingerprint density at radius 1 is 0.889 bits per heavy atom. The first kappa shape index (κ1) is 18.5. The van der Waals surface area contributed by atoms with Crippen LogP contribution >= 0.6 is 0 Å². The summed E-state index contributed by atoms with van der Waals surface area (Å²) in [5.74, 6) is -0.347. The van der Waals surface area contributed by atoms with Gasteiger partial charge in [-0.3, -0.25) is 9.59 Å². The van der Waals surface area contributed by atoms with Gasteiger partial charge < -0.3 is 15.2 Å². The van der Waals surface area contributed by atoms with Crippen LogP contribution in [0.3, 0.4) is 0 Å². The highest BCUT2D eigenvalue weighted by molar-refractivity contribution is 6.06. The number of rotatable bonds is 5. The van der Waals surface area contributed by atoms with Crippen LogP contribution in [0.15, 0.2) is 67.0 Å². The SMILES string of the molecule is Cc1cccc(C)c1NC(=O)c1cccc(NC(=O)C(C)n2cccc2)c1. The molecular weight excluding hydrogens is 338 g/mol. The monoisotopic (exact) mass is 361 g/mol. The van der Waals surface area contributed by atoms with E-state index >= 15 is 0 Å². The van der Waals surface area contributed by atoms with Crippen molar-refractivity contribution in [1.82, 2.24) is 4.57 Å². The van der Waals surface area contributed by atoms with E-state index in [9.17, 15) is 9.59 Å². The molecule has 1 atom stereocenters. The molecule has 0 bridgehead atoms. The van der Waals surface area contributed by atoms with E-state index in [0.717, 1.165) is 16.8 Å². The third-order valence-corrected chi connectivity index (χ3v) is 4.57. The number of benzene rings is 2. The molecule has 0 aliphatic carbocycles. The second-order valence-corrected chi connectivity index (χ2v) is 6.60. The molecule has 5 heteroatoms. The van der Waals surface area contributed by atoms with Gasteiger partial charge in [0.2, 0.25) is 5.91 Å². The smallest absolute Gasteiger partial charge is 0.255 e. The number of hydrogen-bond acceptors (Lipinski definition) is 2. The van der Waals surface area contributed by atoms with E-state index in [2.05, 4.69) is 10.6 Å². The molecule has 1 unspecified atom stereocenters. The van der Waals surface area contributed by atoms with Gasteiger partial charge in [-0.05, 0) is 62.2 Å². The van der Waals surface area contributed by atoms with Crippen LogP contribution in [0.2, 0.25) is 0 Å². The summed E-state index contributed by atoms with van der Waals surface area (Å²) in [4.78, 5) is 25.1. The van der Waals surface area contributed by atoms with E-state index in [1.54, 1.807) is 24.3 Å². The highest BCUT2D eigenvalue weighted by Crippen LogP contribution is 2.21. The molecule has 2 aromatic carbocycles. The van der Waals surface area contributed by atoms with Gasteiger partial charge in [0.1, 0.15) is 6.04 Å². The number of carbonyl (C=O) groups excluding carboxylic acids is 2. The molecule has 0 aliphatic heterocycles. The third-order valence-electron chi connectivity index (χ3n) is 4.57. The van der Waals surface area contributed by atoms with Crippen molar-refractivity contribution in [3.8, 4) is 0 Å². The van der Waals surface area contributed by atoms with Crippen molar-refractivity contribution in [3.63, 3.8) is 0 Å². The van der Waals surface area contributed by atoms with Gasteiger partial charge in [0.25, 0.3) is 5.91 Å².